The third kappa shape index (κ3) is 5.03. The van der Waals surface area contributed by atoms with Gasteiger partial charge < -0.3 is 19.1 Å². The molecule has 0 spiro atoms. The molecule has 3 rings (SSSR count). The fourth-order valence-corrected chi connectivity index (χ4v) is 4.17. The van der Waals surface area contributed by atoms with Crippen molar-refractivity contribution >= 4 is 21.6 Å². The maximum atomic E-state index is 13.0. The lowest BCUT2D eigenvalue weighted by atomic mass is 10.1. The standard InChI is InChI=1S/C21H26N2O6S/c1-15(2)29-20-7-5-4-6-18(20)22-30(25,26)16-8-9-19(27-3)17(14-16)21(24)23-10-12-28-13-11-23/h4-9,14-15,22H,10-13H2,1-3H3. The van der Waals surface area contributed by atoms with Gasteiger partial charge in [-0.05, 0) is 44.2 Å². The Morgan fingerprint density at radius 1 is 1.10 bits per heavy atom. The Morgan fingerprint density at radius 3 is 2.47 bits per heavy atom. The number of nitrogens with zero attached hydrogens (tertiary/aromatic N) is 1. The summed E-state index contributed by atoms with van der Waals surface area (Å²) in [6, 6.07) is 11.0. The second-order valence-corrected chi connectivity index (χ2v) is 8.72. The van der Waals surface area contributed by atoms with Crippen LogP contribution in [0.2, 0.25) is 0 Å². The van der Waals surface area contributed by atoms with Crippen molar-refractivity contribution in [2.45, 2.75) is 24.8 Å². The molecule has 1 amide bonds. The maximum Gasteiger partial charge on any atom is 0.262 e. The number of ether oxygens (including phenoxy) is 3. The molecule has 0 atom stereocenters. The number of rotatable bonds is 7. The van der Waals surface area contributed by atoms with E-state index in [-0.39, 0.29) is 22.5 Å². The molecule has 0 aliphatic carbocycles. The van der Waals surface area contributed by atoms with E-state index in [1.54, 1.807) is 29.2 Å². The molecular formula is C21H26N2O6S. The van der Waals surface area contributed by atoms with Gasteiger partial charge in [0, 0.05) is 13.1 Å². The van der Waals surface area contributed by atoms with Crippen LogP contribution >= 0.6 is 0 Å². The molecule has 0 unspecified atom stereocenters. The molecule has 2 aromatic rings. The number of amides is 1. The highest BCUT2D eigenvalue weighted by atomic mass is 32.2. The highest BCUT2D eigenvalue weighted by Gasteiger charge is 2.25. The fraction of sp³-hybridized carbons (Fsp3) is 0.381. The number of carbonyl (C=O) groups excluding carboxylic acids is 1. The van der Waals surface area contributed by atoms with E-state index in [9.17, 15) is 13.2 Å². The van der Waals surface area contributed by atoms with Crippen molar-refractivity contribution in [3.8, 4) is 11.5 Å². The van der Waals surface area contributed by atoms with Gasteiger partial charge >= 0.3 is 0 Å². The van der Waals surface area contributed by atoms with Gasteiger partial charge in [-0.25, -0.2) is 8.42 Å². The molecule has 0 aromatic heterocycles. The van der Waals surface area contributed by atoms with E-state index in [0.29, 0.717) is 43.5 Å². The molecule has 0 bridgehead atoms. The van der Waals surface area contributed by atoms with Gasteiger partial charge in [0.15, 0.2) is 0 Å². The second-order valence-electron chi connectivity index (χ2n) is 7.03. The normalized spacial score (nSPS) is 14.5. The lowest BCUT2D eigenvalue weighted by molar-refractivity contribution is 0.0300. The van der Waals surface area contributed by atoms with Crippen LogP contribution in [-0.4, -0.2) is 58.7 Å². The highest BCUT2D eigenvalue weighted by molar-refractivity contribution is 7.92. The molecule has 0 radical (unpaired) electrons. The van der Waals surface area contributed by atoms with Crippen LogP contribution in [0.25, 0.3) is 0 Å². The Balaban J connectivity index is 1.92. The Hall–Kier alpha value is -2.78. The molecule has 0 saturated carbocycles. The molecule has 1 aliphatic heterocycles. The highest BCUT2D eigenvalue weighted by Crippen LogP contribution is 2.29. The summed E-state index contributed by atoms with van der Waals surface area (Å²) < 4.78 is 44.9. The van der Waals surface area contributed by atoms with E-state index in [1.165, 1.54) is 25.3 Å². The van der Waals surface area contributed by atoms with Crippen LogP contribution in [0.4, 0.5) is 5.69 Å². The number of carbonyl (C=O) groups is 1. The largest absolute Gasteiger partial charge is 0.496 e. The minimum absolute atomic E-state index is 0.0424. The zero-order chi connectivity index (χ0) is 21.7. The molecule has 30 heavy (non-hydrogen) atoms. The molecule has 2 aromatic carbocycles. The van der Waals surface area contributed by atoms with Crippen molar-refractivity contribution in [3.63, 3.8) is 0 Å². The number of hydrogen-bond acceptors (Lipinski definition) is 6. The number of benzene rings is 2. The molecule has 1 saturated heterocycles. The monoisotopic (exact) mass is 434 g/mol. The average Bonchev–Trinajstić information content (AvgIpc) is 2.74. The Bertz CT molecular complexity index is 1000. The third-order valence-corrected chi connectivity index (χ3v) is 5.87. The number of morpholine rings is 1. The summed E-state index contributed by atoms with van der Waals surface area (Å²) in [5.41, 5.74) is 0.511. The quantitative estimate of drug-likeness (QED) is 0.720. The Kier molecular flexibility index (Phi) is 6.84. The molecule has 1 fully saturated rings. The molecule has 8 nitrogen and oxygen atoms in total. The summed E-state index contributed by atoms with van der Waals surface area (Å²) in [6.45, 7) is 5.49. The van der Waals surface area contributed by atoms with Gasteiger partial charge in [0.25, 0.3) is 15.9 Å². The molecule has 1 aliphatic rings. The molecular weight excluding hydrogens is 408 g/mol. The minimum atomic E-state index is -3.96. The average molecular weight is 435 g/mol. The SMILES string of the molecule is COc1ccc(S(=O)(=O)Nc2ccccc2OC(C)C)cc1C(=O)N1CCOCC1. The van der Waals surface area contributed by atoms with Crippen molar-refractivity contribution in [2.24, 2.45) is 0 Å². The summed E-state index contributed by atoms with van der Waals surface area (Å²) in [7, 11) is -2.52. The number of para-hydroxylation sites is 2. The van der Waals surface area contributed by atoms with Crippen molar-refractivity contribution in [1.82, 2.24) is 4.90 Å². The lowest BCUT2D eigenvalue weighted by Crippen LogP contribution is -2.40. The Labute approximate surface area is 176 Å². The van der Waals surface area contributed by atoms with E-state index in [4.69, 9.17) is 14.2 Å². The predicted molar refractivity (Wildman–Crippen MR) is 113 cm³/mol. The van der Waals surface area contributed by atoms with E-state index in [2.05, 4.69) is 4.72 Å². The predicted octanol–water partition coefficient (Wildman–Crippen LogP) is 2.76. The van der Waals surface area contributed by atoms with Crippen LogP contribution in [-0.2, 0) is 14.8 Å². The van der Waals surface area contributed by atoms with Crippen molar-refractivity contribution in [1.29, 1.82) is 0 Å². The van der Waals surface area contributed by atoms with Crippen LogP contribution < -0.4 is 14.2 Å². The van der Waals surface area contributed by atoms with Gasteiger partial charge in [-0.2, -0.15) is 0 Å². The van der Waals surface area contributed by atoms with Crippen LogP contribution in [0.1, 0.15) is 24.2 Å². The Morgan fingerprint density at radius 2 is 1.80 bits per heavy atom. The van der Waals surface area contributed by atoms with Gasteiger partial charge in [-0.1, -0.05) is 12.1 Å². The number of hydrogen-bond donors (Lipinski definition) is 1. The van der Waals surface area contributed by atoms with Gasteiger partial charge in [-0.3, -0.25) is 9.52 Å². The summed E-state index contributed by atoms with van der Waals surface area (Å²) in [4.78, 5) is 14.5. The van der Waals surface area contributed by atoms with E-state index < -0.39 is 10.0 Å². The van der Waals surface area contributed by atoms with Crippen molar-refractivity contribution < 1.29 is 27.4 Å². The second kappa shape index (κ2) is 9.36. The third-order valence-electron chi connectivity index (χ3n) is 4.50. The number of anilines is 1. The van der Waals surface area contributed by atoms with E-state index in [0.717, 1.165) is 0 Å². The minimum Gasteiger partial charge on any atom is -0.496 e. The zero-order valence-corrected chi connectivity index (χ0v) is 18.1. The van der Waals surface area contributed by atoms with Gasteiger partial charge in [0.1, 0.15) is 11.5 Å². The lowest BCUT2D eigenvalue weighted by Gasteiger charge is -2.27. The zero-order valence-electron chi connectivity index (χ0n) is 17.3. The smallest absolute Gasteiger partial charge is 0.262 e. The van der Waals surface area contributed by atoms with Crippen molar-refractivity contribution in [2.75, 3.05) is 38.1 Å². The summed E-state index contributed by atoms with van der Waals surface area (Å²) >= 11 is 0. The molecule has 1 heterocycles. The van der Waals surface area contributed by atoms with E-state index in [1.807, 2.05) is 13.8 Å². The van der Waals surface area contributed by atoms with Crippen LogP contribution in [0.5, 0.6) is 11.5 Å². The maximum absolute atomic E-state index is 13.0. The molecule has 162 valence electrons. The summed E-state index contributed by atoms with van der Waals surface area (Å²) in [6.07, 6.45) is -0.116. The topological polar surface area (TPSA) is 94.2 Å². The van der Waals surface area contributed by atoms with Crippen LogP contribution in [0, 0.1) is 0 Å². The van der Waals surface area contributed by atoms with E-state index >= 15 is 0 Å². The van der Waals surface area contributed by atoms with Gasteiger partial charge in [-0.15, -0.1) is 0 Å². The first-order chi connectivity index (χ1) is 14.3. The van der Waals surface area contributed by atoms with Crippen molar-refractivity contribution in [3.05, 3.63) is 48.0 Å². The summed E-state index contributed by atoms with van der Waals surface area (Å²) in [5.74, 6) is 0.443. The molecule has 9 heteroatoms. The van der Waals surface area contributed by atoms with Crippen LogP contribution in [0.3, 0.4) is 0 Å². The number of methoxy groups -OCH3 is 1. The summed E-state index contributed by atoms with van der Waals surface area (Å²) in [5, 5.41) is 0. The first kappa shape index (κ1) is 21.9. The van der Waals surface area contributed by atoms with Crippen LogP contribution in [0.15, 0.2) is 47.4 Å². The van der Waals surface area contributed by atoms with Gasteiger partial charge in [0.05, 0.1) is 42.6 Å². The number of nitrogens with one attached hydrogen (secondary N) is 1. The first-order valence-electron chi connectivity index (χ1n) is 9.65. The number of sulfonamides is 1. The van der Waals surface area contributed by atoms with Gasteiger partial charge in [0.2, 0.25) is 0 Å². The first-order valence-corrected chi connectivity index (χ1v) is 11.1. The molecule has 1 N–H and O–H groups in total. The fourth-order valence-electron chi connectivity index (χ4n) is 3.07.